The van der Waals surface area contributed by atoms with Gasteiger partial charge in [-0.2, -0.15) is 0 Å². The minimum absolute atomic E-state index is 0.00224. The normalized spacial score (nSPS) is 46.3. The summed E-state index contributed by atoms with van der Waals surface area (Å²) in [4.78, 5) is 36.6. The van der Waals surface area contributed by atoms with Gasteiger partial charge in [0.25, 0.3) is 0 Å². The Morgan fingerprint density at radius 2 is 1.91 bits per heavy atom. The molecule has 0 aromatic heterocycles. The zero-order valence-electron chi connectivity index (χ0n) is 19.9. The van der Waals surface area contributed by atoms with E-state index in [4.69, 9.17) is 28.7 Å². The molecule has 5 aliphatic heterocycles. The molecule has 9 heteroatoms. The number of carbonyl (C=O) groups is 2. The molecule has 0 aromatic rings. The van der Waals surface area contributed by atoms with Crippen LogP contribution >= 0.6 is 0 Å². The molecule has 5 saturated heterocycles. The van der Waals surface area contributed by atoms with E-state index in [-0.39, 0.29) is 42.6 Å². The molecule has 186 valence electrons. The van der Waals surface area contributed by atoms with Crippen molar-refractivity contribution in [3.8, 4) is 0 Å². The molecule has 0 radical (unpaired) electrons. The highest BCUT2D eigenvalue weighted by Gasteiger charge is 2.69. The van der Waals surface area contributed by atoms with Crippen LogP contribution in [0.2, 0.25) is 0 Å². The number of hydrogen-bond acceptors (Lipinski definition) is 8. The van der Waals surface area contributed by atoms with E-state index in [0.29, 0.717) is 12.5 Å². The molecule has 6 rings (SSSR count). The van der Waals surface area contributed by atoms with Gasteiger partial charge in [-0.25, -0.2) is 9.78 Å². The highest BCUT2D eigenvalue weighted by atomic mass is 17.3. The van der Waals surface area contributed by atoms with Crippen LogP contribution in [0.1, 0.15) is 72.1 Å². The van der Waals surface area contributed by atoms with Crippen LogP contribution in [-0.2, 0) is 38.3 Å². The first kappa shape index (κ1) is 23.5. The van der Waals surface area contributed by atoms with Crippen molar-refractivity contribution < 1.29 is 38.3 Å². The Labute approximate surface area is 195 Å². The standard InChI is InChI=1S/C24H37NO8/c1-14-6-7-18-15(2)21(29-20(27)9-8-19(26)25-13-16-5-4-12-28-16)30-22-24(18)17(14)10-11-23(3,31-22)32-33-24/h14-18,21-22H,4-13H2,1-3H3,(H,25,26). The number of fused-ring (bicyclic) bond motifs is 2. The van der Waals surface area contributed by atoms with Crippen molar-refractivity contribution in [3.63, 3.8) is 0 Å². The van der Waals surface area contributed by atoms with Gasteiger partial charge in [0.2, 0.25) is 18.0 Å². The van der Waals surface area contributed by atoms with Crippen molar-refractivity contribution in [2.45, 2.75) is 102 Å². The van der Waals surface area contributed by atoms with Crippen LogP contribution < -0.4 is 5.32 Å². The molecule has 1 N–H and O–H groups in total. The van der Waals surface area contributed by atoms with Gasteiger partial charge in [-0.1, -0.05) is 13.8 Å². The fourth-order valence-corrected chi connectivity index (χ4v) is 6.53. The third-order valence-corrected chi connectivity index (χ3v) is 8.45. The smallest absolute Gasteiger partial charge is 0.308 e. The van der Waals surface area contributed by atoms with Crippen molar-refractivity contribution >= 4 is 11.9 Å². The van der Waals surface area contributed by atoms with E-state index >= 15 is 0 Å². The fourth-order valence-electron chi connectivity index (χ4n) is 6.53. The summed E-state index contributed by atoms with van der Waals surface area (Å²) in [5, 5.41) is 2.84. The van der Waals surface area contributed by atoms with Crippen LogP contribution in [0.3, 0.4) is 0 Å². The van der Waals surface area contributed by atoms with Gasteiger partial charge in [-0.3, -0.25) is 9.59 Å². The lowest BCUT2D eigenvalue weighted by atomic mass is 9.58. The van der Waals surface area contributed by atoms with Gasteiger partial charge in [-0.15, -0.1) is 0 Å². The zero-order chi connectivity index (χ0) is 23.2. The van der Waals surface area contributed by atoms with E-state index in [0.717, 1.165) is 45.1 Å². The number of amides is 1. The number of hydrogen-bond donors (Lipinski definition) is 1. The maximum absolute atomic E-state index is 12.6. The van der Waals surface area contributed by atoms with E-state index in [1.54, 1.807) is 0 Å². The number of nitrogens with one attached hydrogen (secondary N) is 1. The van der Waals surface area contributed by atoms with E-state index < -0.39 is 29.9 Å². The Morgan fingerprint density at radius 1 is 1.06 bits per heavy atom. The van der Waals surface area contributed by atoms with Gasteiger partial charge in [0, 0.05) is 37.8 Å². The highest BCUT2D eigenvalue weighted by molar-refractivity contribution is 5.81. The maximum atomic E-state index is 12.6. The second-order valence-corrected chi connectivity index (χ2v) is 10.7. The average Bonchev–Trinajstić information content (AvgIpc) is 3.21. The monoisotopic (exact) mass is 467 g/mol. The highest BCUT2D eigenvalue weighted by Crippen LogP contribution is 2.60. The first-order valence-electron chi connectivity index (χ1n) is 12.6. The Hall–Kier alpha value is -1.26. The lowest BCUT2D eigenvalue weighted by molar-refractivity contribution is -0.576. The molecule has 1 saturated carbocycles. The van der Waals surface area contributed by atoms with Gasteiger partial charge in [0.05, 0.1) is 12.5 Å². The van der Waals surface area contributed by atoms with Crippen LogP contribution in [0.25, 0.3) is 0 Å². The molecule has 33 heavy (non-hydrogen) atoms. The SMILES string of the molecule is CC1CCC2C(C)C(OC(=O)CCC(=O)NCC3CCCO3)OC3OC4(C)CCC1C32OO4. The number of carbonyl (C=O) groups excluding carboxylic acids is 2. The molecule has 9 atom stereocenters. The number of ether oxygens (including phenoxy) is 4. The molecule has 2 bridgehead atoms. The second kappa shape index (κ2) is 9.07. The third-order valence-electron chi connectivity index (χ3n) is 8.45. The fraction of sp³-hybridized carbons (Fsp3) is 0.917. The Bertz CT molecular complexity index is 757. The molecule has 9 unspecified atom stereocenters. The summed E-state index contributed by atoms with van der Waals surface area (Å²) in [5.74, 6) is -0.746. The van der Waals surface area contributed by atoms with Crippen LogP contribution in [0.4, 0.5) is 0 Å². The van der Waals surface area contributed by atoms with Crippen molar-refractivity contribution in [3.05, 3.63) is 0 Å². The third kappa shape index (κ3) is 4.31. The van der Waals surface area contributed by atoms with Gasteiger partial charge in [0.15, 0.2) is 11.9 Å². The van der Waals surface area contributed by atoms with E-state index in [2.05, 4.69) is 12.2 Å². The largest absolute Gasteiger partial charge is 0.435 e. The molecule has 5 heterocycles. The predicted octanol–water partition coefficient (Wildman–Crippen LogP) is 2.81. The van der Waals surface area contributed by atoms with Crippen molar-refractivity contribution in [2.24, 2.45) is 23.7 Å². The number of esters is 1. The van der Waals surface area contributed by atoms with E-state index in [1.165, 1.54) is 0 Å². The van der Waals surface area contributed by atoms with Gasteiger partial charge >= 0.3 is 5.97 Å². The predicted molar refractivity (Wildman–Crippen MR) is 114 cm³/mol. The molecule has 6 fully saturated rings. The summed E-state index contributed by atoms with van der Waals surface area (Å²) in [7, 11) is 0. The van der Waals surface area contributed by atoms with Crippen LogP contribution in [0.15, 0.2) is 0 Å². The minimum Gasteiger partial charge on any atom is -0.435 e. The summed E-state index contributed by atoms with van der Waals surface area (Å²) in [6, 6.07) is 0. The first-order valence-corrected chi connectivity index (χ1v) is 12.6. The lowest BCUT2D eigenvalue weighted by Gasteiger charge is -2.59. The Balaban J connectivity index is 1.20. The minimum atomic E-state index is -0.867. The van der Waals surface area contributed by atoms with Crippen LogP contribution in [-0.4, -0.2) is 55.1 Å². The Morgan fingerprint density at radius 3 is 2.70 bits per heavy atom. The van der Waals surface area contributed by atoms with Crippen LogP contribution in [0, 0.1) is 23.7 Å². The first-order chi connectivity index (χ1) is 15.8. The van der Waals surface area contributed by atoms with Crippen molar-refractivity contribution in [1.82, 2.24) is 5.32 Å². The molecule has 1 aliphatic carbocycles. The molecule has 9 nitrogen and oxygen atoms in total. The summed E-state index contributed by atoms with van der Waals surface area (Å²) >= 11 is 0. The molecule has 1 amide bonds. The summed E-state index contributed by atoms with van der Waals surface area (Å²) in [6.45, 7) is 7.40. The van der Waals surface area contributed by atoms with E-state index in [9.17, 15) is 9.59 Å². The lowest BCUT2D eigenvalue weighted by Crippen LogP contribution is -2.70. The molecule has 1 spiro atoms. The van der Waals surface area contributed by atoms with Gasteiger partial charge in [0.1, 0.15) is 0 Å². The van der Waals surface area contributed by atoms with Gasteiger partial charge < -0.3 is 24.3 Å². The van der Waals surface area contributed by atoms with Crippen LogP contribution in [0.5, 0.6) is 0 Å². The summed E-state index contributed by atoms with van der Waals surface area (Å²) in [6.07, 6.45) is 4.44. The van der Waals surface area contributed by atoms with E-state index in [1.807, 2.05) is 13.8 Å². The summed E-state index contributed by atoms with van der Waals surface area (Å²) < 4.78 is 23.8. The summed E-state index contributed by atoms with van der Waals surface area (Å²) in [5.41, 5.74) is -0.682. The molecular weight excluding hydrogens is 430 g/mol. The molecular formula is C24H37NO8. The maximum Gasteiger partial charge on any atom is 0.308 e. The molecule has 6 aliphatic rings. The topological polar surface area (TPSA) is 102 Å². The van der Waals surface area contributed by atoms with Crippen molar-refractivity contribution in [1.29, 1.82) is 0 Å². The average molecular weight is 468 g/mol. The Kier molecular flexibility index (Phi) is 6.46. The van der Waals surface area contributed by atoms with Crippen molar-refractivity contribution in [2.75, 3.05) is 13.2 Å². The number of rotatable bonds is 6. The van der Waals surface area contributed by atoms with Gasteiger partial charge in [-0.05, 0) is 50.9 Å². The quantitative estimate of drug-likeness (QED) is 0.470. The second-order valence-electron chi connectivity index (χ2n) is 10.7. The zero-order valence-corrected chi connectivity index (χ0v) is 19.9. The molecule has 0 aromatic carbocycles.